The van der Waals surface area contributed by atoms with E-state index in [1.165, 1.54) is 0 Å². The standard InChI is InChI=1S/C18H20O4/c1-3-18(4-2,22-17(21)12-16(19)20)15-10-9-13-7-5-6-8-14(13)11-15/h5-11H,3-4,12H2,1-2H3,(H,19,20). The number of rotatable bonds is 6. The lowest BCUT2D eigenvalue weighted by molar-refractivity contribution is -0.165. The molecular formula is C18H20O4. The van der Waals surface area contributed by atoms with Gasteiger partial charge in [-0.3, -0.25) is 9.59 Å². The summed E-state index contributed by atoms with van der Waals surface area (Å²) in [7, 11) is 0. The minimum absolute atomic E-state index is 0.590. The lowest BCUT2D eigenvalue weighted by Gasteiger charge is -2.32. The smallest absolute Gasteiger partial charge is 0.318 e. The maximum Gasteiger partial charge on any atom is 0.318 e. The molecule has 0 unspecified atom stereocenters. The molecule has 0 aromatic heterocycles. The molecule has 0 aliphatic heterocycles. The van der Waals surface area contributed by atoms with Gasteiger partial charge in [0.15, 0.2) is 0 Å². The van der Waals surface area contributed by atoms with Crippen LogP contribution in [0.5, 0.6) is 0 Å². The second-order valence-corrected chi connectivity index (χ2v) is 5.31. The summed E-state index contributed by atoms with van der Waals surface area (Å²) in [5, 5.41) is 10.9. The van der Waals surface area contributed by atoms with Crippen molar-refractivity contribution in [1.29, 1.82) is 0 Å². The van der Waals surface area contributed by atoms with Crippen molar-refractivity contribution in [3.05, 3.63) is 48.0 Å². The maximum absolute atomic E-state index is 11.8. The Bertz CT molecular complexity index is 686. The minimum atomic E-state index is -1.18. The molecule has 0 aliphatic carbocycles. The number of fused-ring (bicyclic) bond motifs is 1. The Labute approximate surface area is 129 Å². The van der Waals surface area contributed by atoms with Gasteiger partial charge in [0.05, 0.1) is 0 Å². The van der Waals surface area contributed by atoms with Gasteiger partial charge in [0.2, 0.25) is 0 Å². The summed E-state index contributed by atoms with van der Waals surface area (Å²) in [5.41, 5.74) is 0.117. The molecule has 0 saturated carbocycles. The molecule has 0 bridgehead atoms. The highest BCUT2D eigenvalue weighted by Gasteiger charge is 2.33. The summed E-state index contributed by atoms with van der Waals surface area (Å²) in [6, 6.07) is 13.9. The van der Waals surface area contributed by atoms with E-state index >= 15 is 0 Å². The average Bonchev–Trinajstić information content (AvgIpc) is 2.51. The number of carbonyl (C=O) groups excluding carboxylic acids is 1. The fourth-order valence-corrected chi connectivity index (χ4v) is 2.71. The van der Waals surface area contributed by atoms with Crippen molar-refractivity contribution in [2.45, 2.75) is 38.7 Å². The number of benzene rings is 2. The first-order chi connectivity index (χ1) is 10.5. The summed E-state index contributed by atoms with van der Waals surface area (Å²) in [4.78, 5) is 22.5. The van der Waals surface area contributed by atoms with E-state index in [1.54, 1.807) is 0 Å². The van der Waals surface area contributed by atoms with Crippen LogP contribution in [-0.4, -0.2) is 17.0 Å². The molecule has 2 aromatic rings. The number of ether oxygens (including phenoxy) is 1. The van der Waals surface area contributed by atoms with Gasteiger partial charge < -0.3 is 9.84 Å². The Morgan fingerprint density at radius 2 is 1.68 bits per heavy atom. The fraction of sp³-hybridized carbons (Fsp3) is 0.333. The van der Waals surface area contributed by atoms with Crippen molar-refractivity contribution in [2.75, 3.05) is 0 Å². The maximum atomic E-state index is 11.8. The van der Waals surface area contributed by atoms with Crippen LogP contribution < -0.4 is 0 Å². The summed E-state index contributed by atoms with van der Waals surface area (Å²) in [6.45, 7) is 3.87. The highest BCUT2D eigenvalue weighted by atomic mass is 16.6. The van der Waals surface area contributed by atoms with Crippen molar-refractivity contribution >= 4 is 22.7 Å². The third-order valence-corrected chi connectivity index (χ3v) is 4.02. The van der Waals surface area contributed by atoms with E-state index in [9.17, 15) is 9.59 Å². The van der Waals surface area contributed by atoms with Crippen LogP contribution in [-0.2, 0) is 19.9 Å². The summed E-state index contributed by atoms with van der Waals surface area (Å²) in [5.74, 6) is -1.88. The van der Waals surface area contributed by atoms with E-state index in [4.69, 9.17) is 9.84 Å². The Hall–Kier alpha value is -2.36. The third-order valence-electron chi connectivity index (χ3n) is 4.02. The van der Waals surface area contributed by atoms with Crippen LogP contribution in [0.1, 0.15) is 38.7 Å². The monoisotopic (exact) mass is 300 g/mol. The first-order valence-electron chi connectivity index (χ1n) is 7.43. The van der Waals surface area contributed by atoms with E-state index in [2.05, 4.69) is 0 Å². The quantitative estimate of drug-likeness (QED) is 0.649. The van der Waals surface area contributed by atoms with Crippen molar-refractivity contribution < 1.29 is 19.4 Å². The Kier molecular flexibility index (Phi) is 4.81. The molecule has 4 heteroatoms. The van der Waals surface area contributed by atoms with Gasteiger partial charge in [0.25, 0.3) is 0 Å². The van der Waals surface area contributed by atoms with Crippen LogP contribution in [0.3, 0.4) is 0 Å². The zero-order valence-electron chi connectivity index (χ0n) is 12.8. The van der Waals surface area contributed by atoms with Crippen LogP contribution in [0.15, 0.2) is 42.5 Å². The highest BCUT2D eigenvalue weighted by Crippen LogP contribution is 2.35. The molecule has 2 aromatic carbocycles. The number of carbonyl (C=O) groups is 2. The second-order valence-electron chi connectivity index (χ2n) is 5.31. The van der Waals surface area contributed by atoms with Crippen LogP contribution in [0.2, 0.25) is 0 Å². The molecule has 0 atom stereocenters. The van der Waals surface area contributed by atoms with Crippen LogP contribution >= 0.6 is 0 Å². The number of aliphatic carboxylic acids is 1. The van der Waals surface area contributed by atoms with Crippen molar-refractivity contribution in [2.24, 2.45) is 0 Å². The summed E-state index contributed by atoms with van der Waals surface area (Å²) < 4.78 is 5.56. The molecule has 4 nitrogen and oxygen atoms in total. The van der Waals surface area contributed by atoms with Gasteiger partial charge in [0.1, 0.15) is 12.0 Å². The number of hydrogen-bond acceptors (Lipinski definition) is 3. The predicted molar refractivity (Wildman–Crippen MR) is 84.6 cm³/mol. The van der Waals surface area contributed by atoms with E-state index in [0.29, 0.717) is 12.8 Å². The minimum Gasteiger partial charge on any atom is -0.481 e. The van der Waals surface area contributed by atoms with Crippen molar-refractivity contribution in [3.8, 4) is 0 Å². The molecule has 0 radical (unpaired) electrons. The molecule has 0 amide bonds. The average molecular weight is 300 g/mol. The highest BCUT2D eigenvalue weighted by molar-refractivity contribution is 5.90. The molecule has 116 valence electrons. The molecule has 22 heavy (non-hydrogen) atoms. The van der Waals surface area contributed by atoms with Crippen LogP contribution in [0.25, 0.3) is 10.8 Å². The summed E-state index contributed by atoms with van der Waals surface area (Å²) >= 11 is 0. The first kappa shape index (κ1) is 16.0. The van der Waals surface area contributed by atoms with Crippen LogP contribution in [0.4, 0.5) is 0 Å². The molecule has 0 aliphatic rings. The van der Waals surface area contributed by atoms with Gasteiger partial charge in [-0.15, -0.1) is 0 Å². The predicted octanol–water partition coefficient (Wildman–Crippen LogP) is 3.87. The van der Waals surface area contributed by atoms with Gasteiger partial charge in [-0.2, -0.15) is 0 Å². The van der Waals surface area contributed by atoms with Crippen molar-refractivity contribution in [1.82, 2.24) is 0 Å². The molecule has 0 spiro atoms. The zero-order chi connectivity index (χ0) is 16.2. The number of carboxylic acids is 1. The Morgan fingerprint density at radius 1 is 1.05 bits per heavy atom. The largest absolute Gasteiger partial charge is 0.481 e. The lowest BCUT2D eigenvalue weighted by atomic mass is 9.87. The van der Waals surface area contributed by atoms with Crippen LogP contribution in [0, 0.1) is 0 Å². The molecule has 0 heterocycles. The Balaban J connectivity index is 2.39. The van der Waals surface area contributed by atoms with Gasteiger partial charge in [-0.05, 0) is 35.2 Å². The van der Waals surface area contributed by atoms with E-state index < -0.39 is 24.0 Å². The topological polar surface area (TPSA) is 63.6 Å². The third kappa shape index (κ3) is 3.27. The van der Waals surface area contributed by atoms with E-state index in [0.717, 1.165) is 16.3 Å². The number of hydrogen-bond donors (Lipinski definition) is 1. The Morgan fingerprint density at radius 3 is 2.27 bits per heavy atom. The summed E-state index contributed by atoms with van der Waals surface area (Å²) in [6.07, 6.45) is 0.565. The normalized spacial score (nSPS) is 11.4. The molecule has 2 rings (SSSR count). The fourth-order valence-electron chi connectivity index (χ4n) is 2.71. The second kappa shape index (κ2) is 6.60. The molecule has 0 saturated heterocycles. The lowest BCUT2D eigenvalue weighted by Crippen LogP contribution is -2.32. The first-order valence-corrected chi connectivity index (χ1v) is 7.43. The van der Waals surface area contributed by atoms with Crippen molar-refractivity contribution in [3.63, 3.8) is 0 Å². The SMILES string of the molecule is CCC(CC)(OC(=O)CC(=O)O)c1ccc2ccccc2c1. The van der Waals surface area contributed by atoms with Gasteiger partial charge in [0, 0.05) is 0 Å². The molecular weight excluding hydrogens is 280 g/mol. The number of carboxylic acid groups (broad SMARTS) is 1. The van der Waals surface area contributed by atoms with Gasteiger partial charge >= 0.3 is 11.9 Å². The van der Waals surface area contributed by atoms with Gasteiger partial charge in [-0.1, -0.05) is 50.2 Å². The molecule has 0 fully saturated rings. The molecule has 1 N–H and O–H groups in total. The van der Waals surface area contributed by atoms with E-state index in [1.807, 2.05) is 56.3 Å². The van der Waals surface area contributed by atoms with Gasteiger partial charge in [-0.25, -0.2) is 0 Å². The number of esters is 1. The van der Waals surface area contributed by atoms with E-state index in [-0.39, 0.29) is 0 Å². The zero-order valence-corrected chi connectivity index (χ0v) is 12.8.